The molecule has 1 heterocycles. The molecule has 1 aliphatic heterocycles. The summed E-state index contributed by atoms with van der Waals surface area (Å²) in [5.74, 6) is 0. The van der Waals surface area contributed by atoms with Gasteiger partial charge in [0.2, 0.25) is 0 Å². The van der Waals surface area contributed by atoms with Crippen molar-refractivity contribution in [2.24, 2.45) is 0 Å². The zero-order valence-corrected chi connectivity index (χ0v) is 6.51. The topological polar surface area (TPSA) is 18.5 Å². The van der Waals surface area contributed by atoms with Gasteiger partial charge in [-0.25, -0.2) is 0 Å². The van der Waals surface area contributed by atoms with E-state index in [0.29, 0.717) is 0 Å². The van der Waals surface area contributed by atoms with Crippen LogP contribution in [0.15, 0.2) is 0 Å². The van der Waals surface area contributed by atoms with Gasteiger partial charge in [-0.3, -0.25) is 0 Å². The van der Waals surface area contributed by atoms with Gasteiger partial charge in [0.25, 0.3) is 0 Å². The molecule has 1 aliphatic rings. The Labute approximate surface area is 62.5 Å². The summed E-state index contributed by atoms with van der Waals surface area (Å²) in [7, 11) is 0. The lowest BCUT2D eigenvalue weighted by Crippen LogP contribution is -2.32. The Morgan fingerprint density at radius 2 is 2.50 bits per heavy atom. The van der Waals surface area contributed by atoms with E-state index in [1.807, 2.05) is 0 Å². The van der Waals surface area contributed by atoms with Crippen LogP contribution in [0.1, 0.15) is 26.2 Å². The summed E-state index contributed by atoms with van der Waals surface area (Å²) < 4.78 is 10.5. The molecule has 1 radical (unpaired) electrons. The molecule has 2 atom stereocenters. The molecule has 2 heteroatoms. The van der Waals surface area contributed by atoms with Gasteiger partial charge in [-0.1, -0.05) is 13.3 Å². The van der Waals surface area contributed by atoms with Crippen LogP contribution >= 0.6 is 0 Å². The van der Waals surface area contributed by atoms with Crippen molar-refractivity contribution in [2.45, 2.75) is 38.6 Å². The molecule has 0 bridgehead atoms. The van der Waals surface area contributed by atoms with E-state index in [9.17, 15) is 0 Å². The second kappa shape index (κ2) is 3.94. The van der Waals surface area contributed by atoms with Crippen LogP contribution < -0.4 is 0 Å². The monoisotopic (exact) mass is 143 g/mol. The van der Waals surface area contributed by atoms with Crippen molar-refractivity contribution in [2.75, 3.05) is 6.61 Å². The molecule has 0 aromatic rings. The summed E-state index contributed by atoms with van der Waals surface area (Å²) >= 11 is 0. The second-order valence-corrected chi connectivity index (χ2v) is 2.64. The summed E-state index contributed by atoms with van der Waals surface area (Å²) in [6.07, 6.45) is 3.36. The molecule has 1 fully saturated rings. The molecule has 0 aliphatic carbocycles. The van der Waals surface area contributed by atoms with Gasteiger partial charge in [-0.05, 0) is 13.3 Å². The molecule has 0 amide bonds. The fourth-order valence-corrected chi connectivity index (χ4v) is 0.926. The Hall–Kier alpha value is -0.0800. The van der Waals surface area contributed by atoms with Gasteiger partial charge in [0.15, 0.2) is 6.29 Å². The normalized spacial score (nSPS) is 27.6. The van der Waals surface area contributed by atoms with Crippen LogP contribution in [0, 0.1) is 6.92 Å². The van der Waals surface area contributed by atoms with Crippen LogP contribution in [0.4, 0.5) is 0 Å². The summed E-state index contributed by atoms with van der Waals surface area (Å²) in [6, 6.07) is 0. The Morgan fingerprint density at radius 1 is 1.80 bits per heavy atom. The molecule has 0 N–H and O–H groups in total. The highest BCUT2D eigenvalue weighted by atomic mass is 16.7. The highest BCUT2D eigenvalue weighted by Gasteiger charge is 2.20. The van der Waals surface area contributed by atoms with Gasteiger partial charge in [0.1, 0.15) is 0 Å². The van der Waals surface area contributed by atoms with Crippen molar-refractivity contribution in [3.8, 4) is 0 Å². The van der Waals surface area contributed by atoms with Crippen molar-refractivity contribution < 1.29 is 9.47 Å². The van der Waals surface area contributed by atoms with Crippen molar-refractivity contribution in [1.29, 1.82) is 0 Å². The minimum absolute atomic E-state index is 0.0500. The first-order chi connectivity index (χ1) is 4.83. The number of rotatable bonds is 4. The predicted octanol–water partition coefficient (Wildman–Crippen LogP) is 1.75. The maximum atomic E-state index is 5.39. The first kappa shape index (κ1) is 8.02. The lowest BCUT2D eigenvalue weighted by atomic mass is 10.2. The standard InChI is InChI=1S/C8H15O2/c1-3-4-7(2)10-8-5-6-9-8/h7-8H,2-6H2,1H3. The quantitative estimate of drug-likeness (QED) is 0.597. The molecule has 59 valence electrons. The summed E-state index contributed by atoms with van der Waals surface area (Å²) in [5, 5.41) is 0. The fourth-order valence-electron chi connectivity index (χ4n) is 0.926. The summed E-state index contributed by atoms with van der Waals surface area (Å²) in [5.41, 5.74) is 0. The molecule has 2 nitrogen and oxygen atoms in total. The molecule has 1 rings (SSSR count). The molecule has 0 saturated carbocycles. The van der Waals surface area contributed by atoms with Gasteiger partial charge in [0.05, 0.1) is 12.7 Å². The maximum absolute atomic E-state index is 5.39. The zero-order valence-electron chi connectivity index (χ0n) is 6.51. The molecule has 1 saturated heterocycles. The van der Waals surface area contributed by atoms with E-state index in [2.05, 4.69) is 13.8 Å². The molecule has 10 heavy (non-hydrogen) atoms. The van der Waals surface area contributed by atoms with Gasteiger partial charge in [-0.15, -0.1) is 0 Å². The van der Waals surface area contributed by atoms with E-state index in [0.717, 1.165) is 25.9 Å². The van der Waals surface area contributed by atoms with Crippen molar-refractivity contribution in [1.82, 2.24) is 0 Å². The first-order valence-electron chi connectivity index (χ1n) is 3.93. The van der Waals surface area contributed by atoms with E-state index in [1.54, 1.807) is 0 Å². The van der Waals surface area contributed by atoms with E-state index >= 15 is 0 Å². The van der Waals surface area contributed by atoms with Crippen LogP contribution in [-0.4, -0.2) is 19.0 Å². The van der Waals surface area contributed by atoms with Gasteiger partial charge in [0, 0.05) is 6.42 Å². The Morgan fingerprint density at radius 3 is 2.90 bits per heavy atom. The third-order valence-electron chi connectivity index (χ3n) is 1.61. The average molecular weight is 143 g/mol. The van der Waals surface area contributed by atoms with Gasteiger partial charge >= 0.3 is 0 Å². The highest BCUT2D eigenvalue weighted by molar-refractivity contribution is 4.63. The van der Waals surface area contributed by atoms with E-state index < -0.39 is 0 Å². The van der Waals surface area contributed by atoms with Crippen molar-refractivity contribution in [3.63, 3.8) is 0 Å². The lowest BCUT2D eigenvalue weighted by molar-refractivity contribution is -0.229. The number of ether oxygens (including phenoxy) is 2. The lowest BCUT2D eigenvalue weighted by Gasteiger charge is -2.29. The number of hydrogen-bond donors (Lipinski definition) is 0. The maximum Gasteiger partial charge on any atom is 0.160 e. The Kier molecular flexibility index (Phi) is 3.16. The minimum atomic E-state index is 0.0500. The molecular formula is C8H15O2. The average Bonchev–Trinajstić information content (AvgIpc) is 1.80. The highest BCUT2D eigenvalue weighted by Crippen LogP contribution is 2.15. The molecule has 0 aromatic heterocycles. The van der Waals surface area contributed by atoms with E-state index in [1.165, 1.54) is 0 Å². The SMILES string of the molecule is [CH2]C(CCC)OC1CCO1. The Balaban J connectivity index is 1.99. The molecule has 0 spiro atoms. The first-order valence-corrected chi connectivity index (χ1v) is 3.93. The third kappa shape index (κ3) is 2.27. The molecule has 0 aromatic carbocycles. The molecular weight excluding hydrogens is 128 g/mol. The van der Waals surface area contributed by atoms with Crippen LogP contribution in [0.25, 0.3) is 0 Å². The van der Waals surface area contributed by atoms with Crippen LogP contribution in [0.2, 0.25) is 0 Å². The summed E-state index contributed by atoms with van der Waals surface area (Å²) in [6.45, 7) is 6.83. The second-order valence-electron chi connectivity index (χ2n) is 2.64. The van der Waals surface area contributed by atoms with E-state index in [4.69, 9.17) is 9.47 Å². The van der Waals surface area contributed by atoms with E-state index in [-0.39, 0.29) is 12.4 Å². The number of hydrogen-bond acceptors (Lipinski definition) is 2. The smallest absolute Gasteiger partial charge is 0.160 e. The zero-order chi connectivity index (χ0) is 7.40. The van der Waals surface area contributed by atoms with Crippen LogP contribution in [-0.2, 0) is 9.47 Å². The third-order valence-corrected chi connectivity index (χ3v) is 1.61. The minimum Gasteiger partial charge on any atom is -0.352 e. The summed E-state index contributed by atoms with van der Waals surface area (Å²) in [4.78, 5) is 0. The predicted molar refractivity (Wildman–Crippen MR) is 39.5 cm³/mol. The fraction of sp³-hybridized carbons (Fsp3) is 0.875. The molecule has 2 unspecified atom stereocenters. The van der Waals surface area contributed by atoms with Crippen molar-refractivity contribution in [3.05, 3.63) is 6.92 Å². The van der Waals surface area contributed by atoms with Crippen LogP contribution in [0.3, 0.4) is 0 Å². The van der Waals surface area contributed by atoms with Gasteiger partial charge in [-0.2, -0.15) is 0 Å². The van der Waals surface area contributed by atoms with Crippen molar-refractivity contribution >= 4 is 0 Å². The van der Waals surface area contributed by atoms with Crippen LogP contribution in [0.5, 0.6) is 0 Å². The largest absolute Gasteiger partial charge is 0.352 e. The van der Waals surface area contributed by atoms with Gasteiger partial charge < -0.3 is 9.47 Å². The Bertz CT molecular complexity index is 89.3.